The fourth-order valence-corrected chi connectivity index (χ4v) is 0.904. The summed E-state index contributed by atoms with van der Waals surface area (Å²) >= 11 is 0. The maximum absolute atomic E-state index is 11.6. The van der Waals surface area contributed by atoms with Crippen molar-refractivity contribution in [1.29, 1.82) is 0 Å². The zero-order valence-electron chi connectivity index (χ0n) is 6.61. The summed E-state index contributed by atoms with van der Waals surface area (Å²) in [5.41, 5.74) is 0.728. The molecule has 0 fully saturated rings. The van der Waals surface area contributed by atoms with Gasteiger partial charge in [-0.15, -0.1) is 14.3 Å². The number of hydrogen-bond acceptors (Lipinski definition) is 3. The minimum Gasteiger partial charge on any atom is -0.372 e. The van der Waals surface area contributed by atoms with Crippen molar-refractivity contribution >= 4 is 9.24 Å². The summed E-state index contributed by atoms with van der Waals surface area (Å²) in [6.45, 7) is -0.0138. The third-order valence-corrected chi connectivity index (χ3v) is 1.62. The van der Waals surface area contributed by atoms with Gasteiger partial charge in [0.2, 0.25) is 0 Å². The maximum Gasteiger partial charge on any atom is 0.113 e. The fraction of sp³-hybridized carbons (Fsp3) is 0.667. The van der Waals surface area contributed by atoms with Crippen LogP contribution in [0.5, 0.6) is 0 Å². The molecule has 0 aliphatic rings. The largest absolute Gasteiger partial charge is 0.372 e. The van der Waals surface area contributed by atoms with Crippen molar-refractivity contribution in [3.8, 4) is 0 Å². The molecule has 4 nitrogen and oxygen atoms in total. The van der Waals surface area contributed by atoms with E-state index in [1.54, 1.807) is 10.9 Å². The first-order chi connectivity index (χ1) is 5.86. The number of rotatable bonds is 5. The van der Waals surface area contributed by atoms with Crippen molar-refractivity contribution in [3.63, 3.8) is 0 Å². The van der Waals surface area contributed by atoms with Crippen LogP contribution in [-0.4, -0.2) is 28.3 Å². The lowest BCUT2D eigenvalue weighted by molar-refractivity contribution is 0.104. The van der Waals surface area contributed by atoms with Gasteiger partial charge in [0.1, 0.15) is 12.4 Å². The molecule has 1 rings (SSSR count). The molecule has 0 aromatic carbocycles. The van der Waals surface area contributed by atoms with E-state index in [4.69, 9.17) is 4.74 Å². The average molecular weight is 191 g/mol. The van der Waals surface area contributed by atoms with Crippen LogP contribution in [0, 0.1) is 0 Å². The van der Waals surface area contributed by atoms with E-state index >= 15 is 0 Å². The van der Waals surface area contributed by atoms with Gasteiger partial charge in [-0.2, -0.15) is 0 Å². The third-order valence-electron chi connectivity index (χ3n) is 1.24. The number of halogens is 1. The van der Waals surface area contributed by atoms with Gasteiger partial charge in [0.25, 0.3) is 0 Å². The highest BCUT2D eigenvalue weighted by Gasteiger charge is 1.98. The lowest BCUT2D eigenvalue weighted by Gasteiger charge is -1.95. The van der Waals surface area contributed by atoms with E-state index in [-0.39, 0.29) is 6.61 Å². The second-order valence-corrected chi connectivity index (χ2v) is 2.54. The van der Waals surface area contributed by atoms with Crippen molar-refractivity contribution in [1.82, 2.24) is 15.0 Å². The van der Waals surface area contributed by atoms with Crippen LogP contribution in [0.2, 0.25) is 0 Å². The minimum atomic E-state index is -0.461. The Bertz CT molecular complexity index is 230. The highest BCUT2D eigenvalue weighted by atomic mass is 31.0. The molecule has 1 aromatic rings. The van der Waals surface area contributed by atoms with Crippen LogP contribution < -0.4 is 0 Å². The van der Waals surface area contributed by atoms with E-state index in [0.29, 0.717) is 12.9 Å². The molecule has 12 heavy (non-hydrogen) atoms. The van der Waals surface area contributed by atoms with Crippen LogP contribution in [0.1, 0.15) is 5.69 Å². The first-order valence-electron chi connectivity index (χ1n) is 3.59. The van der Waals surface area contributed by atoms with Crippen LogP contribution in [0.3, 0.4) is 0 Å². The highest BCUT2D eigenvalue weighted by molar-refractivity contribution is 7.15. The minimum absolute atomic E-state index is 0.119. The Morgan fingerprint density at radius 2 is 2.50 bits per heavy atom. The van der Waals surface area contributed by atoms with Crippen LogP contribution in [-0.2, 0) is 17.6 Å². The van der Waals surface area contributed by atoms with Crippen molar-refractivity contribution in [2.24, 2.45) is 0 Å². The summed E-state index contributed by atoms with van der Waals surface area (Å²) in [5, 5.41) is 7.60. The van der Waals surface area contributed by atoms with Gasteiger partial charge in [-0.05, 0) is 0 Å². The molecule has 0 N–H and O–H groups in total. The predicted octanol–water partition coefficient (Wildman–Crippen LogP) is 0.597. The molecular weight excluding hydrogens is 180 g/mol. The molecule has 1 atom stereocenters. The van der Waals surface area contributed by atoms with Gasteiger partial charge in [-0.3, -0.25) is 0 Å². The summed E-state index contributed by atoms with van der Waals surface area (Å²) in [4.78, 5) is 0. The van der Waals surface area contributed by atoms with Gasteiger partial charge in [0.15, 0.2) is 0 Å². The normalized spacial score (nSPS) is 10.5. The zero-order valence-corrected chi connectivity index (χ0v) is 7.77. The van der Waals surface area contributed by atoms with Gasteiger partial charge >= 0.3 is 0 Å². The first-order valence-corrected chi connectivity index (χ1v) is 4.41. The molecule has 0 aliphatic carbocycles. The Morgan fingerprint density at radius 3 is 3.08 bits per heavy atom. The molecule has 1 unspecified atom stereocenters. The predicted molar refractivity (Wildman–Crippen MR) is 45.4 cm³/mol. The number of alkyl halides is 1. The molecule has 1 heterocycles. The van der Waals surface area contributed by atoms with Gasteiger partial charge < -0.3 is 4.74 Å². The van der Waals surface area contributed by atoms with E-state index < -0.39 is 6.67 Å². The number of hydrogen-bond donors (Lipinski definition) is 0. The molecule has 0 amide bonds. The Kier molecular flexibility index (Phi) is 4.11. The highest BCUT2D eigenvalue weighted by Crippen LogP contribution is 1.97. The molecule has 1 aromatic heterocycles. The Morgan fingerprint density at radius 1 is 1.67 bits per heavy atom. The van der Waals surface area contributed by atoms with E-state index in [1.807, 2.05) is 0 Å². The summed E-state index contributed by atoms with van der Waals surface area (Å²) in [6, 6.07) is 0. The molecule has 0 saturated heterocycles. The van der Waals surface area contributed by atoms with Crippen LogP contribution in [0.25, 0.3) is 0 Å². The van der Waals surface area contributed by atoms with Gasteiger partial charge in [0, 0.05) is 0 Å². The molecule has 68 valence electrons. The van der Waals surface area contributed by atoms with Crippen LogP contribution in [0.15, 0.2) is 6.20 Å². The molecular formula is C6H11FN3OP. The fourth-order valence-electron chi connectivity index (χ4n) is 0.725. The van der Waals surface area contributed by atoms with Crippen molar-refractivity contribution in [2.45, 2.75) is 12.9 Å². The summed E-state index contributed by atoms with van der Waals surface area (Å²) in [7, 11) is 2.52. The quantitative estimate of drug-likeness (QED) is 0.505. The van der Waals surface area contributed by atoms with E-state index in [1.165, 1.54) is 0 Å². The second kappa shape index (κ2) is 5.17. The first kappa shape index (κ1) is 9.55. The van der Waals surface area contributed by atoms with Crippen LogP contribution in [0.4, 0.5) is 4.39 Å². The number of aromatic nitrogens is 3. The zero-order chi connectivity index (χ0) is 8.81. The standard InChI is InChI=1S/C6H11FN3OP/c7-1-2-11-4-6-3-10(5-12)9-8-6/h3H,1-2,4-5,12H2. The number of nitrogens with zero attached hydrogens (tertiary/aromatic N) is 3. The monoisotopic (exact) mass is 191 g/mol. The second-order valence-electron chi connectivity index (χ2n) is 2.17. The lowest BCUT2D eigenvalue weighted by Crippen LogP contribution is -1.96. The maximum atomic E-state index is 11.6. The van der Waals surface area contributed by atoms with Crippen LogP contribution >= 0.6 is 9.24 Å². The molecule has 0 bridgehead atoms. The number of ether oxygens (including phenoxy) is 1. The molecule has 0 aliphatic heterocycles. The van der Waals surface area contributed by atoms with Gasteiger partial charge in [-0.25, -0.2) is 9.07 Å². The van der Waals surface area contributed by atoms with E-state index in [2.05, 4.69) is 19.6 Å². The van der Waals surface area contributed by atoms with Crippen molar-refractivity contribution in [3.05, 3.63) is 11.9 Å². The van der Waals surface area contributed by atoms with Crippen molar-refractivity contribution in [2.75, 3.05) is 13.3 Å². The molecule has 0 radical (unpaired) electrons. The SMILES string of the molecule is FCCOCc1cn(CP)nn1. The molecule has 6 heteroatoms. The van der Waals surface area contributed by atoms with E-state index in [0.717, 1.165) is 5.69 Å². The average Bonchev–Trinajstić information content (AvgIpc) is 2.53. The summed E-state index contributed by atoms with van der Waals surface area (Å²) in [6.07, 6.45) is 2.47. The van der Waals surface area contributed by atoms with Gasteiger partial charge in [-0.1, -0.05) is 5.21 Å². The topological polar surface area (TPSA) is 39.9 Å². The Balaban J connectivity index is 2.31. The smallest absolute Gasteiger partial charge is 0.113 e. The summed E-state index contributed by atoms with van der Waals surface area (Å²) < 4.78 is 18.2. The van der Waals surface area contributed by atoms with Gasteiger partial charge in [0.05, 0.1) is 25.7 Å². The lowest BCUT2D eigenvalue weighted by atomic mass is 10.5. The Labute approximate surface area is 72.3 Å². The third kappa shape index (κ3) is 2.83. The summed E-state index contributed by atoms with van der Waals surface area (Å²) in [5.74, 6) is 0. The Hall–Kier alpha value is -0.540. The molecule has 0 spiro atoms. The van der Waals surface area contributed by atoms with Crippen molar-refractivity contribution < 1.29 is 9.13 Å². The molecule has 0 saturated carbocycles. The van der Waals surface area contributed by atoms with E-state index in [9.17, 15) is 4.39 Å².